The smallest absolute Gasteiger partial charge is 0.409 e. The molecule has 204 valence electrons. The fourth-order valence-corrected chi connectivity index (χ4v) is 5.76. The van der Waals surface area contributed by atoms with E-state index in [4.69, 9.17) is 4.74 Å². The number of rotatable bonds is 9. The first-order valence-corrected chi connectivity index (χ1v) is 13.5. The maximum atomic E-state index is 14.0. The Morgan fingerprint density at radius 2 is 1.49 bits per heavy atom. The summed E-state index contributed by atoms with van der Waals surface area (Å²) in [5, 5.41) is 11.5. The van der Waals surface area contributed by atoms with Gasteiger partial charge in [-0.2, -0.15) is 0 Å². The number of ether oxygens (including phenoxy) is 1. The number of nitrogens with one attached hydrogen (secondary N) is 1. The number of hydrogen-bond acceptors (Lipinski definition) is 4. The summed E-state index contributed by atoms with van der Waals surface area (Å²) in [6.45, 7) is 5.96. The van der Waals surface area contributed by atoms with E-state index in [1.807, 2.05) is 87.5 Å². The number of benzene rings is 3. The van der Waals surface area contributed by atoms with Crippen molar-refractivity contribution in [2.75, 3.05) is 5.32 Å². The number of Topliss-reactive ketones (excluding diaryl/α,β-unsaturated/α-hetero) is 1. The van der Waals surface area contributed by atoms with E-state index >= 15 is 0 Å². The van der Waals surface area contributed by atoms with Gasteiger partial charge in [0.15, 0.2) is 5.78 Å². The molecular weight excluding hydrogens is 490 g/mol. The molecule has 4 rings (SSSR count). The van der Waals surface area contributed by atoms with Crippen molar-refractivity contribution < 1.29 is 24.2 Å². The largest absolute Gasteiger partial charge is 0.465 e. The van der Waals surface area contributed by atoms with Crippen LogP contribution in [0.25, 0.3) is 0 Å². The summed E-state index contributed by atoms with van der Waals surface area (Å²) >= 11 is 0. The Balaban J connectivity index is 1.63. The zero-order valence-corrected chi connectivity index (χ0v) is 22.9. The van der Waals surface area contributed by atoms with E-state index in [-0.39, 0.29) is 12.2 Å². The van der Waals surface area contributed by atoms with E-state index in [1.54, 1.807) is 18.2 Å². The second-order valence-electron chi connectivity index (χ2n) is 11.6. The Morgan fingerprint density at radius 3 is 1.97 bits per heavy atom. The number of carboxylic acid groups (broad SMARTS) is 1. The van der Waals surface area contributed by atoms with Gasteiger partial charge in [0, 0.05) is 18.0 Å². The van der Waals surface area contributed by atoms with Gasteiger partial charge in [0.25, 0.3) is 0 Å². The summed E-state index contributed by atoms with van der Waals surface area (Å²) in [5.74, 6) is -2.06. The number of amides is 1. The molecule has 1 saturated heterocycles. The second-order valence-corrected chi connectivity index (χ2v) is 11.6. The third-order valence-corrected chi connectivity index (χ3v) is 7.60. The van der Waals surface area contributed by atoms with Crippen molar-refractivity contribution in [1.82, 2.24) is 0 Å². The lowest BCUT2D eigenvalue weighted by molar-refractivity contribution is -0.181. The number of cyclic esters (lactones) is 1. The lowest BCUT2D eigenvalue weighted by Gasteiger charge is -2.44. The number of hydrogen-bond donors (Lipinski definition) is 2. The minimum absolute atomic E-state index is 0.121. The van der Waals surface area contributed by atoms with Crippen LogP contribution in [0.15, 0.2) is 84.9 Å². The monoisotopic (exact) mass is 527 g/mol. The number of ketones is 1. The highest BCUT2D eigenvalue weighted by Crippen LogP contribution is 2.47. The van der Waals surface area contributed by atoms with E-state index in [9.17, 15) is 19.5 Å². The molecule has 2 atom stereocenters. The minimum atomic E-state index is -1.17. The molecule has 0 aromatic heterocycles. The first-order valence-electron chi connectivity index (χ1n) is 13.5. The van der Waals surface area contributed by atoms with Gasteiger partial charge in [0.05, 0.1) is 0 Å². The van der Waals surface area contributed by atoms with Crippen LogP contribution >= 0.6 is 0 Å². The molecule has 3 aromatic rings. The number of aryl methyl sites for hydroxylation is 2. The third-order valence-electron chi connectivity index (χ3n) is 7.60. The van der Waals surface area contributed by atoms with Gasteiger partial charge in [-0.15, -0.1) is 0 Å². The number of anilines is 1. The highest BCUT2D eigenvalue weighted by molar-refractivity contribution is 6.02. The van der Waals surface area contributed by atoms with E-state index in [1.165, 1.54) is 0 Å². The van der Waals surface area contributed by atoms with Crippen molar-refractivity contribution in [2.24, 2.45) is 11.3 Å². The molecule has 0 saturated carbocycles. The van der Waals surface area contributed by atoms with Crippen LogP contribution < -0.4 is 5.32 Å². The Bertz CT molecular complexity index is 1230. The zero-order valence-electron chi connectivity index (χ0n) is 22.9. The van der Waals surface area contributed by atoms with Crippen molar-refractivity contribution in [3.05, 3.63) is 102 Å². The topological polar surface area (TPSA) is 92.7 Å². The molecule has 6 nitrogen and oxygen atoms in total. The summed E-state index contributed by atoms with van der Waals surface area (Å²) in [7, 11) is 0. The zero-order chi connectivity index (χ0) is 28.0. The molecule has 1 amide bonds. The molecule has 1 fully saturated rings. The van der Waals surface area contributed by atoms with Gasteiger partial charge in [0.1, 0.15) is 11.5 Å². The van der Waals surface area contributed by atoms with E-state index in [0.29, 0.717) is 31.4 Å². The molecule has 0 bridgehead atoms. The maximum absolute atomic E-state index is 14.0. The molecule has 39 heavy (non-hydrogen) atoms. The average molecular weight is 528 g/mol. The Hall–Kier alpha value is -3.93. The first kappa shape index (κ1) is 28.1. The highest BCUT2D eigenvalue weighted by atomic mass is 16.6. The van der Waals surface area contributed by atoms with Crippen molar-refractivity contribution in [3.8, 4) is 0 Å². The summed E-state index contributed by atoms with van der Waals surface area (Å²) in [5.41, 5.74) is 2.05. The molecule has 3 aromatic carbocycles. The second kappa shape index (κ2) is 11.9. The van der Waals surface area contributed by atoms with Crippen LogP contribution in [0.5, 0.6) is 0 Å². The molecule has 0 radical (unpaired) electrons. The van der Waals surface area contributed by atoms with Gasteiger partial charge in [-0.1, -0.05) is 93.6 Å². The van der Waals surface area contributed by atoms with Crippen LogP contribution in [-0.2, 0) is 27.2 Å². The lowest BCUT2D eigenvalue weighted by Crippen LogP contribution is -2.51. The predicted molar refractivity (Wildman–Crippen MR) is 152 cm³/mol. The lowest BCUT2D eigenvalue weighted by atomic mass is 9.65. The Morgan fingerprint density at radius 1 is 0.923 bits per heavy atom. The molecular formula is C33H37NO5. The molecule has 2 unspecified atom stereocenters. The van der Waals surface area contributed by atoms with Gasteiger partial charge in [-0.05, 0) is 59.9 Å². The number of esters is 1. The van der Waals surface area contributed by atoms with Crippen LogP contribution in [0, 0.1) is 11.3 Å². The SMILES string of the molecule is CC(C)(C)C(c1cccc(NC(=O)O)c1)C1C(=O)CC(CCc2ccccc2)(CCc2ccccc2)OC1=O. The van der Waals surface area contributed by atoms with E-state index in [2.05, 4.69) is 5.32 Å². The van der Waals surface area contributed by atoms with Gasteiger partial charge >= 0.3 is 12.1 Å². The molecule has 1 aliphatic heterocycles. The first-order chi connectivity index (χ1) is 18.6. The standard InChI is InChI=1S/C33H37NO5/c1-32(2,3)29(25-15-10-16-26(21-25)34-31(37)38)28-27(35)22-33(39-30(28)36,19-17-23-11-6-4-7-12-23)20-18-24-13-8-5-9-14-24/h4-16,21,28-29,34H,17-20,22H2,1-3H3,(H,37,38). The summed E-state index contributed by atoms with van der Waals surface area (Å²) in [6.07, 6.45) is 1.51. The summed E-state index contributed by atoms with van der Waals surface area (Å²) in [6, 6.07) is 27.0. The molecule has 2 N–H and O–H groups in total. The normalized spacial score (nSPS) is 17.8. The Kier molecular flexibility index (Phi) is 8.54. The van der Waals surface area contributed by atoms with Crippen LogP contribution in [0.4, 0.5) is 10.5 Å². The fraction of sp³-hybridized carbons (Fsp3) is 0.364. The van der Waals surface area contributed by atoms with Gasteiger partial charge in [-0.3, -0.25) is 14.9 Å². The summed E-state index contributed by atoms with van der Waals surface area (Å²) in [4.78, 5) is 39.0. The minimum Gasteiger partial charge on any atom is -0.465 e. The third kappa shape index (κ3) is 7.14. The quantitative estimate of drug-likeness (QED) is 0.230. The van der Waals surface area contributed by atoms with Gasteiger partial charge < -0.3 is 9.84 Å². The van der Waals surface area contributed by atoms with Crippen LogP contribution in [0.2, 0.25) is 0 Å². The molecule has 1 heterocycles. The van der Waals surface area contributed by atoms with Crippen LogP contribution in [-0.4, -0.2) is 28.6 Å². The van der Waals surface area contributed by atoms with Crippen molar-refractivity contribution in [1.29, 1.82) is 0 Å². The molecule has 1 aliphatic rings. The molecule has 0 spiro atoms. The van der Waals surface area contributed by atoms with Gasteiger partial charge in [-0.25, -0.2) is 4.79 Å². The summed E-state index contributed by atoms with van der Waals surface area (Å²) < 4.78 is 6.32. The van der Waals surface area contributed by atoms with Crippen molar-refractivity contribution in [2.45, 2.75) is 64.4 Å². The molecule has 6 heteroatoms. The fourth-order valence-electron chi connectivity index (χ4n) is 5.76. The molecule has 0 aliphatic carbocycles. The average Bonchev–Trinajstić information content (AvgIpc) is 2.89. The van der Waals surface area contributed by atoms with Crippen molar-refractivity contribution >= 4 is 23.5 Å². The van der Waals surface area contributed by atoms with E-state index in [0.717, 1.165) is 16.7 Å². The maximum Gasteiger partial charge on any atom is 0.409 e. The van der Waals surface area contributed by atoms with Crippen molar-refractivity contribution in [3.63, 3.8) is 0 Å². The van der Waals surface area contributed by atoms with Crippen LogP contribution in [0.3, 0.4) is 0 Å². The Labute approximate surface area is 230 Å². The number of carbonyl (C=O) groups excluding carboxylic acids is 2. The number of carbonyl (C=O) groups is 3. The van der Waals surface area contributed by atoms with Crippen LogP contribution in [0.1, 0.15) is 62.6 Å². The van der Waals surface area contributed by atoms with Gasteiger partial charge in [0.2, 0.25) is 0 Å². The highest BCUT2D eigenvalue weighted by Gasteiger charge is 2.51. The van der Waals surface area contributed by atoms with E-state index < -0.39 is 34.9 Å². The predicted octanol–water partition coefficient (Wildman–Crippen LogP) is 7.04.